The molecule has 3 aromatic rings. The van der Waals surface area contributed by atoms with E-state index in [0.29, 0.717) is 40.2 Å². The molecule has 154 valence electrons. The van der Waals surface area contributed by atoms with Crippen molar-refractivity contribution in [3.8, 4) is 5.75 Å². The molecule has 1 amide bonds. The van der Waals surface area contributed by atoms with Crippen LogP contribution in [0, 0.1) is 6.92 Å². The summed E-state index contributed by atoms with van der Waals surface area (Å²) in [6.45, 7) is 5.62. The number of nitrogens with zero attached hydrogens (tertiary/aromatic N) is 4. The molecule has 1 unspecified atom stereocenters. The molecule has 0 radical (unpaired) electrons. The van der Waals surface area contributed by atoms with E-state index in [0.717, 1.165) is 29.8 Å². The number of hydrogen-bond donors (Lipinski definition) is 0. The van der Waals surface area contributed by atoms with Gasteiger partial charge < -0.3 is 9.47 Å². The number of hydrogen-bond acceptors (Lipinski definition) is 6. The first kappa shape index (κ1) is 20.1. The van der Waals surface area contributed by atoms with Gasteiger partial charge in [-0.2, -0.15) is 5.10 Å². The Bertz CT molecular complexity index is 1040. The van der Waals surface area contributed by atoms with Crippen LogP contribution in [0.3, 0.4) is 0 Å². The summed E-state index contributed by atoms with van der Waals surface area (Å²) >= 11 is 7.78. The molecule has 29 heavy (non-hydrogen) atoms. The fourth-order valence-electron chi connectivity index (χ4n) is 3.56. The number of carbonyl (C=O) groups excluding carboxylic acids is 1. The fourth-order valence-corrected chi connectivity index (χ4v) is 4.82. The molecule has 9 heteroatoms. The lowest BCUT2D eigenvalue weighted by Gasteiger charge is -2.23. The van der Waals surface area contributed by atoms with Crippen molar-refractivity contribution < 1.29 is 14.3 Å². The van der Waals surface area contributed by atoms with Crippen LogP contribution in [0.5, 0.6) is 5.75 Å². The third-order valence-electron chi connectivity index (χ3n) is 4.97. The second kappa shape index (κ2) is 8.30. The highest BCUT2D eigenvalue weighted by Crippen LogP contribution is 2.39. The van der Waals surface area contributed by atoms with Crippen LogP contribution in [0.15, 0.2) is 18.2 Å². The number of ether oxygens (including phenoxy) is 2. The first-order chi connectivity index (χ1) is 14.0. The molecule has 4 rings (SSSR count). The summed E-state index contributed by atoms with van der Waals surface area (Å²) in [5, 5.41) is 5.59. The zero-order valence-electron chi connectivity index (χ0n) is 16.6. The summed E-state index contributed by atoms with van der Waals surface area (Å²) in [7, 11) is 1.60. The minimum absolute atomic E-state index is 0.0116. The van der Waals surface area contributed by atoms with E-state index in [9.17, 15) is 4.79 Å². The van der Waals surface area contributed by atoms with E-state index >= 15 is 0 Å². The maximum Gasteiger partial charge on any atom is 0.278 e. The number of halogens is 1. The highest BCUT2D eigenvalue weighted by atomic mass is 35.5. The normalized spacial score (nSPS) is 16.5. The van der Waals surface area contributed by atoms with E-state index in [1.165, 1.54) is 11.3 Å². The molecule has 1 aromatic carbocycles. The van der Waals surface area contributed by atoms with E-state index in [4.69, 9.17) is 26.1 Å². The second-order valence-corrected chi connectivity index (χ2v) is 8.35. The highest BCUT2D eigenvalue weighted by molar-refractivity contribution is 7.23. The molecular formula is C20H23ClN4O3S. The topological polar surface area (TPSA) is 69.5 Å². The minimum atomic E-state index is -0.142. The van der Waals surface area contributed by atoms with Gasteiger partial charge >= 0.3 is 0 Å². The Labute approximate surface area is 178 Å². The molecule has 0 N–H and O–H groups in total. The van der Waals surface area contributed by atoms with Crippen molar-refractivity contribution in [3.63, 3.8) is 0 Å². The Morgan fingerprint density at radius 1 is 1.48 bits per heavy atom. The summed E-state index contributed by atoms with van der Waals surface area (Å²) in [5.74, 6) is 0.489. The lowest BCUT2D eigenvalue weighted by atomic mass is 10.2. The van der Waals surface area contributed by atoms with Gasteiger partial charge in [0.25, 0.3) is 5.91 Å². The number of benzene rings is 1. The van der Waals surface area contributed by atoms with Gasteiger partial charge in [0.15, 0.2) is 5.13 Å². The second-order valence-electron chi connectivity index (χ2n) is 6.96. The Hall–Kier alpha value is -2.16. The van der Waals surface area contributed by atoms with Gasteiger partial charge in [0, 0.05) is 13.2 Å². The van der Waals surface area contributed by atoms with Crippen LogP contribution in [-0.2, 0) is 11.3 Å². The number of amides is 1. The van der Waals surface area contributed by atoms with Gasteiger partial charge in [0.2, 0.25) is 0 Å². The van der Waals surface area contributed by atoms with Gasteiger partial charge in [-0.1, -0.05) is 22.9 Å². The Morgan fingerprint density at radius 2 is 2.31 bits per heavy atom. The van der Waals surface area contributed by atoms with Crippen molar-refractivity contribution in [2.75, 3.05) is 25.2 Å². The van der Waals surface area contributed by atoms with Crippen molar-refractivity contribution in [2.45, 2.75) is 39.3 Å². The van der Waals surface area contributed by atoms with Crippen molar-refractivity contribution >= 4 is 44.2 Å². The first-order valence-electron chi connectivity index (χ1n) is 9.62. The Balaban J connectivity index is 1.79. The Kier molecular flexibility index (Phi) is 5.76. The lowest BCUT2D eigenvalue weighted by molar-refractivity contribution is 0.0908. The molecule has 1 atom stereocenters. The number of carbonyl (C=O) groups is 1. The predicted molar refractivity (Wildman–Crippen MR) is 114 cm³/mol. The van der Waals surface area contributed by atoms with Crippen molar-refractivity contribution in [2.24, 2.45) is 0 Å². The SMILES string of the molecule is CCn1nc(C)cc1C(=O)N(CC1CCCO1)c1nc2c(OC)ccc(Cl)c2s1. The van der Waals surface area contributed by atoms with Crippen LogP contribution < -0.4 is 9.64 Å². The summed E-state index contributed by atoms with van der Waals surface area (Å²) in [4.78, 5) is 20.0. The molecule has 0 spiro atoms. The van der Waals surface area contributed by atoms with Gasteiger partial charge in [-0.15, -0.1) is 0 Å². The van der Waals surface area contributed by atoms with Crippen LogP contribution in [0.4, 0.5) is 5.13 Å². The lowest BCUT2D eigenvalue weighted by Crippen LogP contribution is -2.38. The molecule has 1 aliphatic rings. The summed E-state index contributed by atoms with van der Waals surface area (Å²) in [6, 6.07) is 5.39. The zero-order valence-corrected chi connectivity index (χ0v) is 18.2. The van der Waals surface area contributed by atoms with Gasteiger partial charge in [-0.05, 0) is 44.9 Å². The number of thiazole rings is 1. The predicted octanol–water partition coefficient (Wildman–Crippen LogP) is 4.31. The van der Waals surface area contributed by atoms with Crippen LogP contribution in [-0.4, -0.2) is 47.0 Å². The fraction of sp³-hybridized carbons (Fsp3) is 0.450. The molecule has 3 heterocycles. The van der Waals surface area contributed by atoms with Crippen LogP contribution in [0.2, 0.25) is 5.02 Å². The standard InChI is InChI=1S/C20H23ClN4O3S/c1-4-25-15(10-12(2)23-25)19(26)24(11-13-6-5-9-28-13)20-22-17-16(27-3)8-7-14(21)18(17)29-20/h7-8,10,13H,4-6,9,11H2,1-3H3. The van der Waals surface area contributed by atoms with Gasteiger partial charge in [0.1, 0.15) is 17.0 Å². The molecule has 7 nitrogen and oxygen atoms in total. The van der Waals surface area contributed by atoms with E-state index in [1.807, 2.05) is 19.9 Å². The van der Waals surface area contributed by atoms with Crippen molar-refractivity contribution in [1.29, 1.82) is 0 Å². The first-order valence-corrected chi connectivity index (χ1v) is 10.8. The highest BCUT2D eigenvalue weighted by Gasteiger charge is 2.29. The molecule has 0 bridgehead atoms. The van der Waals surface area contributed by atoms with Crippen LogP contribution >= 0.6 is 22.9 Å². The van der Waals surface area contributed by atoms with Crippen LogP contribution in [0.25, 0.3) is 10.2 Å². The van der Waals surface area contributed by atoms with Gasteiger partial charge in [0.05, 0.1) is 35.2 Å². The summed E-state index contributed by atoms with van der Waals surface area (Å²) in [6.07, 6.45) is 1.91. The molecule has 1 fully saturated rings. The van der Waals surface area contributed by atoms with E-state index in [2.05, 4.69) is 5.10 Å². The smallest absolute Gasteiger partial charge is 0.278 e. The minimum Gasteiger partial charge on any atom is -0.494 e. The quantitative estimate of drug-likeness (QED) is 0.578. The average Bonchev–Trinajstić information content (AvgIpc) is 3.45. The number of aromatic nitrogens is 3. The molecular weight excluding hydrogens is 412 g/mol. The maximum atomic E-state index is 13.6. The molecule has 0 saturated carbocycles. The average molecular weight is 435 g/mol. The third-order valence-corrected chi connectivity index (χ3v) is 6.51. The number of anilines is 1. The van der Waals surface area contributed by atoms with E-state index < -0.39 is 0 Å². The molecule has 1 saturated heterocycles. The van der Waals surface area contributed by atoms with Crippen LogP contribution in [0.1, 0.15) is 35.9 Å². The van der Waals surface area contributed by atoms with Gasteiger partial charge in [-0.25, -0.2) is 4.98 Å². The van der Waals surface area contributed by atoms with E-state index in [-0.39, 0.29) is 12.0 Å². The summed E-state index contributed by atoms with van der Waals surface area (Å²) in [5.41, 5.74) is 2.01. The van der Waals surface area contributed by atoms with Gasteiger partial charge in [-0.3, -0.25) is 14.4 Å². The monoisotopic (exact) mass is 434 g/mol. The number of fused-ring (bicyclic) bond motifs is 1. The Morgan fingerprint density at radius 3 is 3.00 bits per heavy atom. The maximum absolute atomic E-state index is 13.6. The van der Waals surface area contributed by atoms with Crippen molar-refractivity contribution in [3.05, 3.63) is 34.6 Å². The molecule has 0 aliphatic carbocycles. The summed E-state index contributed by atoms with van der Waals surface area (Å²) < 4.78 is 13.8. The van der Waals surface area contributed by atoms with Crippen molar-refractivity contribution in [1.82, 2.24) is 14.8 Å². The number of methoxy groups -OCH3 is 1. The zero-order chi connectivity index (χ0) is 20.5. The molecule has 1 aliphatic heterocycles. The number of rotatable bonds is 6. The molecule has 2 aromatic heterocycles. The number of aryl methyl sites for hydroxylation is 2. The largest absolute Gasteiger partial charge is 0.494 e. The third kappa shape index (κ3) is 3.84. The van der Waals surface area contributed by atoms with E-state index in [1.54, 1.807) is 28.8 Å².